The minimum atomic E-state index is -1.49. The molecule has 25 heavy (non-hydrogen) atoms. The van der Waals surface area contributed by atoms with Gasteiger partial charge in [-0.3, -0.25) is 0 Å². The summed E-state index contributed by atoms with van der Waals surface area (Å²) in [6, 6.07) is -3.16. The fourth-order valence-electron chi connectivity index (χ4n) is 1.97. The third-order valence-electron chi connectivity index (χ3n) is 3.14. The fraction of sp³-hybridized carbons (Fsp3) is 0.429. The number of aliphatic carboxylic acids is 4. The summed E-state index contributed by atoms with van der Waals surface area (Å²) in [4.78, 5) is 41.0. The van der Waals surface area contributed by atoms with Gasteiger partial charge >= 0.3 is 19.5 Å². The minimum Gasteiger partial charge on any atom is -0.672 e. The van der Waals surface area contributed by atoms with Crippen molar-refractivity contribution in [1.29, 1.82) is 0 Å². The third kappa shape index (κ3) is 7.44. The zero-order chi connectivity index (χ0) is 18.3. The normalized spacial score (nSPS) is 24.3. The SMILES string of the molecule is O=C([O-])C1=CC=CC(C(=O)[O-])[N-]1.O=C([O-])C1CCCC(C(=O)[O-])[N-]1.[Zn+2]. The van der Waals surface area contributed by atoms with E-state index in [1.54, 1.807) is 0 Å². The van der Waals surface area contributed by atoms with Gasteiger partial charge in [0.25, 0.3) is 0 Å². The van der Waals surface area contributed by atoms with Gasteiger partial charge in [-0.15, -0.1) is 5.70 Å². The van der Waals surface area contributed by atoms with Crippen LogP contribution < -0.4 is 20.4 Å². The predicted octanol–water partition coefficient (Wildman–Crippen LogP) is -4.54. The van der Waals surface area contributed by atoms with E-state index >= 15 is 0 Å². The van der Waals surface area contributed by atoms with Crippen molar-refractivity contribution in [2.45, 2.75) is 37.4 Å². The predicted molar refractivity (Wildman–Crippen MR) is 69.2 cm³/mol. The van der Waals surface area contributed by atoms with Crippen LogP contribution in [0.15, 0.2) is 23.9 Å². The molecule has 0 amide bonds. The van der Waals surface area contributed by atoms with Crippen LogP contribution in [-0.4, -0.2) is 42.0 Å². The van der Waals surface area contributed by atoms with E-state index in [1.165, 1.54) is 12.2 Å². The molecule has 2 aliphatic rings. The van der Waals surface area contributed by atoms with E-state index in [4.69, 9.17) is 0 Å². The number of carboxylic acids is 4. The quantitative estimate of drug-likeness (QED) is 0.421. The summed E-state index contributed by atoms with van der Waals surface area (Å²) in [5.41, 5.74) is -0.383. The topological polar surface area (TPSA) is 189 Å². The summed E-state index contributed by atoms with van der Waals surface area (Å²) >= 11 is 0. The van der Waals surface area contributed by atoms with Crippen molar-refractivity contribution in [3.63, 3.8) is 0 Å². The Kier molecular flexibility index (Phi) is 9.62. The van der Waals surface area contributed by atoms with E-state index in [0.29, 0.717) is 19.3 Å². The molecule has 2 rings (SSSR count). The van der Waals surface area contributed by atoms with Crippen LogP contribution in [0.25, 0.3) is 10.6 Å². The van der Waals surface area contributed by atoms with Crippen LogP contribution >= 0.6 is 0 Å². The molecular formula is C14H12N2O8Zn-4. The minimum absolute atomic E-state index is 0. The van der Waals surface area contributed by atoms with Gasteiger partial charge in [-0.25, -0.2) is 0 Å². The molecule has 0 aromatic heterocycles. The number of rotatable bonds is 4. The second kappa shape index (κ2) is 10.6. The second-order valence-corrected chi connectivity index (χ2v) is 4.87. The summed E-state index contributed by atoms with van der Waals surface area (Å²) in [5.74, 6) is -5.54. The first-order valence-electron chi connectivity index (χ1n) is 6.85. The van der Waals surface area contributed by atoms with E-state index in [-0.39, 0.29) is 25.2 Å². The molecule has 132 valence electrons. The van der Waals surface area contributed by atoms with Gasteiger partial charge < -0.3 is 50.2 Å². The van der Waals surface area contributed by atoms with Crippen molar-refractivity contribution >= 4 is 23.9 Å². The summed E-state index contributed by atoms with van der Waals surface area (Å²) in [5, 5.41) is 47.9. The van der Waals surface area contributed by atoms with Gasteiger partial charge in [-0.05, 0) is 0 Å². The Morgan fingerprint density at radius 3 is 1.84 bits per heavy atom. The van der Waals surface area contributed by atoms with Gasteiger partial charge in [0.15, 0.2) is 0 Å². The molecule has 0 aliphatic carbocycles. The van der Waals surface area contributed by atoms with E-state index in [0.717, 1.165) is 6.08 Å². The molecule has 0 aromatic carbocycles. The zero-order valence-corrected chi connectivity index (χ0v) is 15.9. The molecule has 3 unspecified atom stereocenters. The number of piperidine rings is 1. The molecule has 0 aromatic rings. The molecule has 10 nitrogen and oxygen atoms in total. The van der Waals surface area contributed by atoms with Gasteiger partial charge in [0.1, 0.15) is 0 Å². The average Bonchev–Trinajstić information content (AvgIpc) is 2.55. The zero-order valence-electron chi connectivity index (χ0n) is 13.0. The second-order valence-electron chi connectivity index (χ2n) is 4.87. The van der Waals surface area contributed by atoms with E-state index < -0.39 is 42.0 Å². The van der Waals surface area contributed by atoms with Crippen molar-refractivity contribution in [2.75, 3.05) is 0 Å². The van der Waals surface area contributed by atoms with E-state index in [1.807, 2.05) is 0 Å². The number of carbonyl (C=O) groups is 4. The first-order valence-corrected chi connectivity index (χ1v) is 6.85. The Bertz CT molecular complexity index is 569. The summed E-state index contributed by atoms with van der Waals surface area (Å²) in [6.45, 7) is 0. The molecule has 2 heterocycles. The number of hydrogen-bond acceptors (Lipinski definition) is 8. The van der Waals surface area contributed by atoms with Crippen molar-refractivity contribution in [1.82, 2.24) is 0 Å². The van der Waals surface area contributed by atoms with Crippen LogP contribution in [0, 0.1) is 0 Å². The molecule has 11 heteroatoms. The van der Waals surface area contributed by atoms with Crippen LogP contribution in [0.1, 0.15) is 19.3 Å². The molecule has 0 saturated carbocycles. The Labute approximate surface area is 155 Å². The molecule has 0 spiro atoms. The van der Waals surface area contributed by atoms with Crippen LogP contribution in [0.5, 0.6) is 0 Å². The Hall–Kier alpha value is -2.26. The number of hydrogen-bond donors (Lipinski definition) is 0. The molecule has 2 aliphatic heterocycles. The molecule has 1 fully saturated rings. The van der Waals surface area contributed by atoms with Crippen LogP contribution in [0.4, 0.5) is 0 Å². The summed E-state index contributed by atoms with van der Waals surface area (Å²) < 4.78 is 0. The Morgan fingerprint density at radius 1 is 0.920 bits per heavy atom. The molecule has 3 atom stereocenters. The number of carbonyl (C=O) groups excluding carboxylic acids is 4. The summed E-state index contributed by atoms with van der Waals surface area (Å²) in [6.07, 6.45) is 4.95. The van der Waals surface area contributed by atoms with Crippen LogP contribution in [0.2, 0.25) is 0 Å². The standard InChI is InChI=1S/C7H10NO4.C7H6NO4.Zn/c2*9-6(10)4-2-1-3-5(8-4)7(11)12;/h4-5H,1-3H2,(H,9,10)(H,11,12);1-4H,(H,9,10)(H,11,12);/q2*-1;+2/p-4. The van der Waals surface area contributed by atoms with Crippen LogP contribution in [0.3, 0.4) is 0 Å². The molecule has 0 N–H and O–H groups in total. The maximum atomic E-state index is 10.3. The molecule has 0 bridgehead atoms. The first-order chi connectivity index (χ1) is 11.2. The molecule has 0 radical (unpaired) electrons. The van der Waals surface area contributed by atoms with Gasteiger partial charge in [-0.1, -0.05) is 55.6 Å². The average molecular weight is 402 g/mol. The van der Waals surface area contributed by atoms with E-state index in [2.05, 4.69) is 10.6 Å². The van der Waals surface area contributed by atoms with Gasteiger partial charge in [0.05, 0.1) is 0 Å². The van der Waals surface area contributed by atoms with Gasteiger partial charge in [0.2, 0.25) is 0 Å². The van der Waals surface area contributed by atoms with Gasteiger partial charge in [-0.2, -0.15) is 0 Å². The van der Waals surface area contributed by atoms with Crippen molar-refractivity contribution < 1.29 is 59.1 Å². The number of allylic oxidation sites excluding steroid dienone is 2. The smallest absolute Gasteiger partial charge is 0.672 e. The number of carboxylic acid groups (broad SMARTS) is 4. The Balaban J connectivity index is 0.000000443. The van der Waals surface area contributed by atoms with Crippen molar-refractivity contribution in [2.24, 2.45) is 0 Å². The fourth-order valence-corrected chi connectivity index (χ4v) is 1.97. The van der Waals surface area contributed by atoms with Crippen molar-refractivity contribution in [3.05, 3.63) is 34.6 Å². The summed E-state index contributed by atoms with van der Waals surface area (Å²) in [7, 11) is 0. The van der Waals surface area contributed by atoms with Gasteiger partial charge in [0, 0.05) is 23.9 Å². The molecule has 1 saturated heterocycles. The van der Waals surface area contributed by atoms with E-state index in [9.17, 15) is 39.6 Å². The van der Waals surface area contributed by atoms with Crippen LogP contribution in [-0.2, 0) is 38.7 Å². The maximum absolute atomic E-state index is 10.3. The third-order valence-corrected chi connectivity index (χ3v) is 3.14. The largest absolute Gasteiger partial charge is 2.00 e. The maximum Gasteiger partial charge on any atom is 2.00 e. The Morgan fingerprint density at radius 2 is 1.44 bits per heavy atom. The first kappa shape index (κ1) is 22.7. The number of nitrogens with zero attached hydrogens (tertiary/aromatic N) is 2. The molecular weight excluding hydrogens is 390 g/mol. The monoisotopic (exact) mass is 400 g/mol. The van der Waals surface area contributed by atoms with Crippen molar-refractivity contribution in [3.8, 4) is 0 Å².